The molecule has 3 rings (SSSR count). The Labute approximate surface area is 148 Å². The second-order valence-electron chi connectivity index (χ2n) is 5.98. The third-order valence-corrected chi connectivity index (χ3v) is 4.04. The second-order valence-corrected chi connectivity index (χ2v) is 5.98. The molecule has 1 N–H and O–H groups in total. The molecule has 0 aromatic carbocycles. The summed E-state index contributed by atoms with van der Waals surface area (Å²) in [6.07, 6.45) is 3.51. The van der Waals surface area contributed by atoms with E-state index in [-0.39, 0.29) is 17.7 Å². The van der Waals surface area contributed by atoms with Crippen LogP contribution in [0.1, 0.15) is 43.4 Å². The Kier molecular flexibility index (Phi) is 5.21. The lowest BCUT2D eigenvalue weighted by Gasteiger charge is -2.23. The third kappa shape index (κ3) is 4.39. The fourth-order valence-electron chi connectivity index (χ4n) is 2.72. The van der Waals surface area contributed by atoms with Crippen LogP contribution in [0.3, 0.4) is 0 Å². The maximum Gasteiger partial charge on any atom is 0.419 e. The second kappa shape index (κ2) is 7.56. The van der Waals surface area contributed by atoms with Crippen LogP contribution in [0.25, 0.3) is 0 Å². The molecule has 0 bridgehead atoms. The quantitative estimate of drug-likeness (QED) is 0.876. The van der Waals surface area contributed by atoms with Gasteiger partial charge in [-0.1, -0.05) is 6.42 Å². The first-order chi connectivity index (χ1) is 12.5. The van der Waals surface area contributed by atoms with Gasteiger partial charge in [0.15, 0.2) is 11.4 Å². The normalized spacial score (nSPS) is 15.3. The van der Waals surface area contributed by atoms with Crippen molar-refractivity contribution in [3.8, 4) is 11.8 Å². The first-order valence-electron chi connectivity index (χ1n) is 8.19. The number of hydrogen-bond acceptors (Lipinski definition) is 6. The first kappa shape index (κ1) is 17.9. The number of nitrogens with zero attached hydrogens (tertiary/aromatic N) is 4. The standard InChI is InChI=1S/C17H16F3N5O/c18-17(19,20)11-8-23-16(24-9-11)25-12-6-15(14(7-21)22-10-12)26-13-4-2-1-3-5-13/h6,8-10,13H,1-5H2,(H,23,24,25). The van der Waals surface area contributed by atoms with Crippen LogP contribution < -0.4 is 10.1 Å². The first-order valence-corrected chi connectivity index (χ1v) is 8.19. The Morgan fingerprint density at radius 3 is 2.38 bits per heavy atom. The number of ether oxygens (including phenoxy) is 1. The van der Waals surface area contributed by atoms with Gasteiger partial charge in [0, 0.05) is 18.5 Å². The van der Waals surface area contributed by atoms with Crippen LogP contribution in [0, 0.1) is 11.3 Å². The molecule has 2 aromatic heterocycles. The van der Waals surface area contributed by atoms with Gasteiger partial charge in [-0.2, -0.15) is 18.4 Å². The number of pyridine rings is 1. The van der Waals surface area contributed by atoms with Crippen LogP contribution in [0.2, 0.25) is 0 Å². The molecule has 136 valence electrons. The largest absolute Gasteiger partial charge is 0.487 e. The molecular weight excluding hydrogens is 347 g/mol. The van der Waals surface area contributed by atoms with Crippen molar-refractivity contribution in [1.82, 2.24) is 15.0 Å². The number of rotatable bonds is 4. The van der Waals surface area contributed by atoms with Gasteiger partial charge < -0.3 is 10.1 Å². The van der Waals surface area contributed by atoms with Crippen LogP contribution in [-0.2, 0) is 6.18 Å². The summed E-state index contributed by atoms with van der Waals surface area (Å²) in [5.74, 6) is 0.337. The third-order valence-electron chi connectivity index (χ3n) is 4.04. The van der Waals surface area contributed by atoms with Crippen LogP contribution >= 0.6 is 0 Å². The van der Waals surface area contributed by atoms with Crippen molar-refractivity contribution in [3.05, 3.63) is 35.9 Å². The van der Waals surface area contributed by atoms with E-state index in [0.717, 1.165) is 25.7 Å². The maximum atomic E-state index is 12.5. The molecular formula is C17H16F3N5O. The van der Waals surface area contributed by atoms with Gasteiger partial charge >= 0.3 is 6.18 Å². The van der Waals surface area contributed by atoms with Gasteiger partial charge in [0.1, 0.15) is 6.07 Å². The van der Waals surface area contributed by atoms with Crippen molar-refractivity contribution in [2.75, 3.05) is 5.32 Å². The van der Waals surface area contributed by atoms with E-state index in [9.17, 15) is 18.4 Å². The SMILES string of the molecule is N#Cc1ncc(Nc2ncc(C(F)(F)F)cn2)cc1OC1CCCCC1. The molecule has 26 heavy (non-hydrogen) atoms. The van der Waals surface area contributed by atoms with Crippen LogP contribution in [-0.4, -0.2) is 21.1 Å². The molecule has 2 aromatic rings. The smallest absolute Gasteiger partial charge is 0.419 e. The van der Waals surface area contributed by atoms with Crippen LogP contribution in [0.5, 0.6) is 5.75 Å². The predicted octanol–water partition coefficient (Wildman–Crippen LogP) is 4.22. The molecule has 0 radical (unpaired) electrons. The number of nitriles is 1. The number of aromatic nitrogens is 3. The summed E-state index contributed by atoms with van der Waals surface area (Å²) in [4.78, 5) is 11.3. The summed E-state index contributed by atoms with van der Waals surface area (Å²) >= 11 is 0. The lowest BCUT2D eigenvalue weighted by atomic mass is 9.98. The number of anilines is 2. The zero-order valence-corrected chi connectivity index (χ0v) is 13.8. The fourth-order valence-corrected chi connectivity index (χ4v) is 2.72. The van der Waals surface area contributed by atoms with E-state index in [1.165, 1.54) is 12.6 Å². The van der Waals surface area contributed by atoms with Gasteiger partial charge in [-0.05, 0) is 25.7 Å². The Balaban J connectivity index is 1.75. The van der Waals surface area contributed by atoms with Gasteiger partial charge in [0.05, 0.1) is 23.6 Å². The zero-order chi connectivity index (χ0) is 18.6. The molecule has 1 aliphatic carbocycles. The number of hydrogen-bond donors (Lipinski definition) is 1. The molecule has 2 heterocycles. The zero-order valence-electron chi connectivity index (χ0n) is 13.8. The molecule has 0 atom stereocenters. The van der Waals surface area contributed by atoms with Crippen molar-refractivity contribution in [2.45, 2.75) is 44.4 Å². The molecule has 0 spiro atoms. The van der Waals surface area contributed by atoms with E-state index in [4.69, 9.17) is 4.74 Å². The van der Waals surface area contributed by atoms with Crippen molar-refractivity contribution in [3.63, 3.8) is 0 Å². The van der Waals surface area contributed by atoms with Gasteiger partial charge in [-0.15, -0.1) is 0 Å². The Morgan fingerprint density at radius 2 is 1.77 bits per heavy atom. The number of halogens is 3. The Hall–Kier alpha value is -2.89. The van der Waals surface area contributed by atoms with E-state index < -0.39 is 11.7 Å². The van der Waals surface area contributed by atoms with Gasteiger partial charge in [-0.3, -0.25) is 0 Å². The minimum atomic E-state index is -4.49. The van der Waals surface area contributed by atoms with Gasteiger partial charge in [0.25, 0.3) is 0 Å². The summed E-state index contributed by atoms with van der Waals surface area (Å²) in [7, 11) is 0. The minimum absolute atomic E-state index is 0.00637. The average molecular weight is 363 g/mol. The lowest BCUT2D eigenvalue weighted by molar-refractivity contribution is -0.138. The summed E-state index contributed by atoms with van der Waals surface area (Å²) in [6, 6.07) is 3.56. The Morgan fingerprint density at radius 1 is 1.08 bits per heavy atom. The van der Waals surface area contributed by atoms with Crippen LogP contribution in [0.15, 0.2) is 24.7 Å². The highest BCUT2D eigenvalue weighted by Crippen LogP contribution is 2.29. The van der Waals surface area contributed by atoms with E-state index in [1.54, 1.807) is 6.07 Å². The molecule has 1 saturated carbocycles. The van der Waals surface area contributed by atoms with E-state index in [2.05, 4.69) is 20.3 Å². The maximum absolute atomic E-state index is 12.5. The molecule has 6 nitrogen and oxygen atoms in total. The molecule has 0 saturated heterocycles. The Bertz CT molecular complexity index is 796. The molecule has 0 unspecified atom stereocenters. The highest BCUT2D eigenvalue weighted by atomic mass is 19.4. The molecule has 0 amide bonds. The summed E-state index contributed by atoms with van der Waals surface area (Å²) in [5.41, 5.74) is -0.341. The summed E-state index contributed by atoms with van der Waals surface area (Å²) in [5, 5.41) is 12.0. The monoisotopic (exact) mass is 363 g/mol. The van der Waals surface area contributed by atoms with Crippen LogP contribution in [0.4, 0.5) is 24.8 Å². The molecule has 1 aliphatic rings. The minimum Gasteiger partial charge on any atom is -0.487 e. The number of nitrogens with one attached hydrogen (secondary N) is 1. The number of alkyl halides is 3. The van der Waals surface area contributed by atoms with Crippen molar-refractivity contribution in [1.29, 1.82) is 5.26 Å². The fraction of sp³-hybridized carbons (Fsp3) is 0.412. The average Bonchev–Trinajstić information content (AvgIpc) is 2.63. The summed E-state index contributed by atoms with van der Waals surface area (Å²) in [6.45, 7) is 0. The van der Waals surface area contributed by atoms with E-state index in [1.807, 2.05) is 6.07 Å². The van der Waals surface area contributed by atoms with Crippen molar-refractivity contribution < 1.29 is 17.9 Å². The molecule has 1 fully saturated rings. The lowest BCUT2D eigenvalue weighted by Crippen LogP contribution is -2.20. The highest BCUT2D eigenvalue weighted by molar-refractivity contribution is 5.56. The highest BCUT2D eigenvalue weighted by Gasteiger charge is 2.31. The molecule has 9 heteroatoms. The van der Waals surface area contributed by atoms with Crippen molar-refractivity contribution in [2.24, 2.45) is 0 Å². The van der Waals surface area contributed by atoms with Gasteiger partial charge in [-0.25, -0.2) is 15.0 Å². The predicted molar refractivity (Wildman–Crippen MR) is 86.8 cm³/mol. The van der Waals surface area contributed by atoms with Crippen molar-refractivity contribution >= 4 is 11.6 Å². The topological polar surface area (TPSA) is 83.7 Å². The summed E-state index contributed by atoms with van der Waals surface area (Å²) < 4.78 is 43.5. The van der Waals surface area contributed by atoms with E-state index in [0.29, 0.717) is 23.8 Å². The van der Waals surface area contributed by atoms with Gasteiger partial charge in [0.2, 0.25) is 5.95 Å². The molecule has 0 aliphatic heterocycles. The van der Waals surface area contributed by atoms with E-state index >= 15 is 0 Å².